The first-order chi connectivity index (χ1) is 13.5. The van der Waals surface area contributed by atoms with Crippen molar-refractivity contribution in [2.24, 2.45) is 0 Å². The van der Waals surface area contributed by atoms with Gasteiger partial charge in [-0.1, -0.05) is 12.1 Å². The van der Waals surface area contributed by atoms with Gasteiger partial charge >= 0.3 is 0 Å². The number of para-hydroxylation sites is 2. The number of carbonyl (C=O) groups is 3. The van der Waals surface area contributed by atoms with Crippen molar-refractivity contribution in [1.82, 2.24) is 0 Å². The number of methoxy groups -OCH3 is 1. The van der Waals surface area contributed by atoms with Crippen LogP contribution in [0.3, 0.4) is 0 Å². The van der Waals surface area contributed by atoms with E-state index in [0.29, 0.717) is 22.0 Å². The Hall–Kier alpha value is -2.87. The molecule has 8 heteroatoms. The number of thiophene rings is 1. The normalized spacial score (nSPS) is 12.8. The smallest absolute Gasteiger partial charge is 0.259 e. The summed E-state index contributed by atoms with van der Waals surface area (Å²) in [5.74, 6) is -1.51. The average molecular weight is 401 g/mol. The number of aryl methyl sites for hydroxylation is 1. The fourth-order valence-corrected chi connectivity index (χ4v) is 4.53. The molecule has 1 aliphatic rings. The molecule has 28 heavy (non-hydrogen) atoms. The molecule has 2 aromatic rings. The van der Waals surface area contributed by atoms with Crippen molar-refractivity contribution < 1.29 is 24.2 Å². The number of ether oxygens (including phenoxy) is 1. The van der Waals surface area contributed by atoms with Crippen LogP contribution < -0.4 is 20.5 Å². The van der Waals surface area contributed by atoms with Crippen molar-refractivity contribution in [2.75, 3.05) is 17.7 Å². The molecule has 7 nitrogen and oxygen atoms in total. The number of carbonyl (C=O) groups excluding carboxylic acids is 3. The van der Waals surface area contributed by atoms with E-state index in [2.05, 4.69) is 10.6 Å². The van der Waals surface area contributed by atoms with Gasteiger partial charge in [0.1, 0.15) is 10.8 Å². The van der Waals surface area contributed by atoms with Crippen molar-refractivity contribution in [3.8, 4) is 5.75 Å². The van der Waals surface area contributed by atoms with Gasteiger partial charge in [-0.3, -0.25) is 9.59 Å². The highest BCUT2D eigenvalue weighted by Gasteiger charge is 2.26. The minimum absolute atomic E-state index is 0.196. The van der Waals surface area contributed by atoms with Crippen LogP contribution in [0.4, 0.5) is 10.7 Å². The number of rotatable bonds is 7. The summed E-state index contributed by atoms with van der Waals surface area (Å²) in [6, 6.07) is 7.10. The predicted molar refractivity (Wildman–Crippen MR) is 105 cm³/mol. The van der Waals surface area contributed by atoms with Crippen LogP contribution in [-0.2, 0) is 22.4 Å². The Labute approximate surface area is 166 Å². The molecule has 0 fully saturated rings. The largest absolute Gasteiger partial charge is 0.550 e. The van der Waals surface area contributed by atoms with Crippen molar-refractivity contribution >= 4 is 39.8 Å². The van der Waals surface area contributed by atoms with Crippen molar-refractivity contribution in [3.05, 3.63) is 40.3 Å². The number of benzene rings is 1. The van der Waals surface area contributed by atoms with Crippen LogP contribution in [-0.4, -0.2) is 24.9 Å². The Bertz CT molecular complexity index is 906. The Balaban J connectivity index is 1.87. The molecule has 1 aromatic heterocycles. The molecule has 2 amide bonds. The molecule has 0 radical (unpaired) electrons. The number of carboxylic acids is 1. The molecule has 0 unspecified atom stereocenters. The number of nitrogens with one attached hydrogen (secondary N) is 2. The van der Waals surface area contributed by atoms with E-state index >= 15 is 0 Å². The topological polar surface area (TPSA) is 108 Å². The summed E-state index contributed by atoms with van der Waals surface area (Å²) in [4.78, 5) is 36.9. The lowest BCUT2D eigenvalue weighted by atomic mass is 9.95. The summed E-state index contributed by atoms with van der Waals surface area (Å²) >= 11 is 1.39. The van der Waals surface area contributed by atoms with Crippen LogP contribution in [0.25, 0.3) is 0 Å². The van der Waals surface area contributed by atoms with Crippen LogP contribution in [0.5, 0.6) is 5.75 Å². The van der Waals surface area contributed by atoms with E-state index in [1.807, 2.05) is 6.07 Å². The van der Waals surface area contributed by atoms with E-state index in [1.54, 1.807) is 18.2 Å². The molecule has 1 aliphatic carbocycles. The van der Waals surface area contributed by atoms with E-state index in [4.69, 9.17) is 4.74 Å². The molecule has 2 N–H and O–H groups in total. The highest BCUT2D eigenvalue weighted by atomic mass is 32.1. The second-order valence-corrected chi connectivity index (χ2v) is 7.59. The first-order valence-electron chi connectivity index (χ1n) is 9.08. The number of fused-ring (bicyclic) bond motifs is 1. The second-order valence-electron chi connectivity index (χ2n) is 6.49. The van der Waals surface area contributed by atoms with Gasteiger partial charge in [0.15, 0.2) is 0 Å². The molecule has 1 heterocycles. The summed E-state index contributed by atoms with van der Waals surface area (Å²) in [5.41, 5.74) is 1.95. The molecule has 0 spiro atoms. The minimum Gasteiger partial charge on any atom is -0.550 e. The monoisotopic (exact) mass is 401 g/mol. The van der Waals surface area contributed by atoms with Gasteiger partial charge in [-0.2, -0.15) is 0 Å². The zero-order valence-corrected chi connectivity index (χ0v) is 16.3. The van der Waals surface area contributed by atoms with E-state index in [0.717, 1.165) is 36.1 Å². The van der Waals surface area contributed by atoms with Crippen LogP contribution in [0, 0.1) is 0 Å². The molecule has 3 rings (SSSR count). The second kappa shape index (κ2) is 8.88. The number of hydrogen-bond donors (Lipinski definition) is 2. The predicted octanol–water partition coefficient (Wildman–Crippen LogP) is 2.36. The number of carboxylic acid groups (broad SMARTS) is 1. The zero-order chi connectivity index (χ0) is 20.1. The molecule has 0 saturated heterocycles. The van der Waals surface area contributed by atoms with Crippen LogP contribution in [0.2, 0.25) is 0 Å². The number of anilines is 2. The Morgan fingerprint density at radius 3 is 2.61 bits per heavy atom. The fourth-order valence-electron chi connectivity index (χ4n) is 3.23. The quantitative estimate of drug-likeness (QED) is 0.741. The molecule has 0 saturated carbocycles. The minimum atomic E-state index is -1.28. The summed E-state index contributed by atoms with van der Waals surface area (Å²) in [5, 5.41) is 16.6. The van der Waals surface area contributed by atoms with Gasteiger partial charge in [0, 0.05) is 17.3 Å². The van der Waals surface area contributed by atoms with Gasteiger partial charge in [0.2, 0.25) is 5.91 Å². The first kappa shape index (κ1) is 19.9. The number of hydrogen-bond acceptors (Lipinski definition) is 6. The third-order valence-corrected chi connectivity index (χ3v) is 5.77. The molecule has 148 valence electrons. The highest BCUT2D eigenvalue weighted by Crippen LogP contribution is 2.39. The molecular formula is C20H21N2O5S-. The van der Waals surface area contributed by atoms with E-state index in [1.165, 1.54) is 18.4 Å². The van der Waals surface area contributed by atoms with Gasteiger partial charge in [-0.25, -0.2) is 0 Å². The summed E-state index contributed by atoms with van der Waals surface area (Å²) in [6.45, 7) is 0. The van der Waals surface area contributed by atoms with Gasteiger partial charge in [-0.15, -0.1) is 11.3 Å². The molecule has 0 atom stereocenters. The third-order valence-electron chi connectivity index (χ3n) is 4.56. The molecular weight excluding hydrogens is 380 g/mol. The van der Waals surface area contributed by atoms with Crippen molar-refractivity contribution in [2.45, 2.75) is 38.5 Å². The lowest BCUT2D eigenvalue weighted by molar-refractivity contribution is -0.305. The van der Waals surface area contributed by atoms with Crippen LogP contribution >= 0.6 is 11.3 Å². The standard InChI is InChI=1S/C20H22N2O5S/c1-27-14-8-4-3-7-13(14)21-19(26)18-12-6-2-5-9-15(12)28-20(18)22-16(23)10-11-17(24)25/h3-4,7-8H,2,5-6,9-11H2,1H3,(H,21,26)(H,22,23)(H,24,25)/p-1. The highest BCUT2D eigenvalue weighted by molar-refractivity contribution is 7.17. The number of aliphatic carboxylic acids is 1. The Morgan fingerprint density at radius 1 is 1.11 bits per heavy atom. The third kappa shape index (κ3) is 4.51. The maximum Gasteiger partial charge on any atom is 0.259 e. The van der Waals surface area contributed by atoms with Gasteiger partial charge in [0.25, 0.3) is 5.91 Å². The maximum atomic E-state index is 13.1. The lowest BCUT2D eigenvalue weighted by Crippen LogP contribution is -2.24. The summed E-state index contributed by atoms with van der Waals surface area (Å²) < 4.78 is 5.28. The van der Waals surface area contributed by atoms with E-state index in [9.17, 15) is 19.5 Å². The van der Waals surface area contributed by atoms with Gasteiger partial charge < -0.3 is 25.3 Å². The molecule has 0 bridgehead atoms. The van der Waals surface area contributed by atoms with Gasteiger partial charge in [0.05, 0.1) is 18.4 Å². The number of amides is 2. The molecule has 1 aromatic carbocycles. The fraction of sp³-hybridized carbons (Fsp3) is 0.350. The lowest BCUT2D eigenvalue weighted by Gasteiger charge is -2.14. The Morgan fingerprint density at radius 2 is 1.86 bits per heavy atom. The van der Waals surface area contributed by atoms with Crippen molar-refractivity contribution in [1.29, 1.82) is 0 Å². The zero-order valence-electron chi connectivity index (χ0n) is 15.5. The first-order valence-corrected chi connectivity index (χ1v) is 9.90. The molecule has 0 aliphatic heterocycles. The SMILES string of the molecule is COc1ccccc1NC(=O)c1c(NC(=O)CCC(=O)[O-])sc2c1CCCC2. The van der Waals surface area contributed by atoms with Crippen molar-refractivity contribution in [3.63, 3.8) is 0 Å². The Kier molecular flexibility index (Phi) is 6.30. The summed E-state index contributed by atoms with van der Waals surface area (Å²) in [7, 11) is 1.53. The van der Waals surface area contributed by atoms with E-state index < -0.39 is 11.9 Å². The van der Waals surface area contributed by atoms with Crippen LogP contribution in [0.15, 0.2) is 24.3 Å². The van der Waals surface area contributed by atoms with Crippen LogP contribution in [0.1, 0.15) is 46.5 Å². The van der Waals surface area contributed by atoms with Gasteiger partial charge in [-0.05, 0) is 49.8 Å². The maximum absolute atomic E-state index is 13.1. The summed E-state index contributed by atoms with van der Waals surface area (Å²) in [6.07, 6.45) is 3.10. The van der Waals surface area contributed by atoms with E-state index in [-0.39, 0.29) is 18.7 Å². The average Bonchev–Trinajstić information content (AvgIpc) is 3.04.